The van der Waals surface area contributed by atoms with Crippen molar-refractivity contribution in [3.8, 4) is 0 Å². The Labute approximate surface area is 120 Å². The van der Waals surface area contributed by atoms with Gasteiger partial charge in [0.25, 0.3) is 0 Å². The van der Waals surface area contributed by atoms with E-state index >= 15 is 0 Å². The van der Waals surface area contributed by atoms with E-state index in [1.807, 2.05) is 41.1 Å². The molecule has 1 aromatic carbocycles. The summed E-state index contributed by atoms with van der Waals surface area (Å²) in [4.78, 5) is 4.73. The van der Waals surface area contributed by atoms with Crippen LogP contribution in [0, 0.1) is 0 Å². The van der Waals surface area contributed by atoms with Gasteiger partial charge in [0.05, 0.1) is 16.8 Å². The summed E-state index contributed by atoms with van der Waals surface area (Å²) in [5.74, 6) is 0. The number of nitrogens with one attached hydrogen (secondary N) is 1. The molecule has 19 heavy (non-hydrogen) atoms. The summed E-state index contributed by atoms with van der Waals surface area (Å²) in [6.45, 7) is 0. The molecule has 0 aliphatic carbocycles. The molecule has 5 heteroatoms. The topological polar surface area (TPSA) is 50.9 Å². The minimum Gasteiger partial charge on any atom is -0.389 e. The van der Waals surface area contributed by atoms with Crippen LogP contribution in [0.25, 0.3) is 10.9 Å². The highest BCUT2D eigenvalue weighted by molar-refractivity contribution is 7.80. The Bertz CT molecular complexity index is 736. The second-order valence-electron chi connectivity index (χ2n) is 4.07. The van der Waals surface area contributed by atoms with Crippen molar-refractivity contribution >= 4 is 50.8 Å². The standard InChI is InChI=1S/C14H11N3S2/c15-14(18)11-7-16-12-4-2-1-3-10(12)13(11)17-9-5-6-19-8-9/h1-8H,(H2,15,18)(H,16,17). The van der Waals surface area contributed by atoms with E-state index in [1.54, 1.807) is 17.5 Å². The van der Waals surface area contributed by atoms with Crippen molar-refractivity contribution in [1.29, 1.82) is 0 Å². The van der Waals surface area contributed by atoms with Crippen LogP contribution in [0.15, 0.2) is 47.3 Å². The average molecular weight is 285 g/mol. The van der Waals surface area contributed by atoms with Gasteiger partial charge in [-0.25, -0.2) is 0 Å². The lowest BCUT2D eigenvalue weighted by Crippen LogP contribution is -2.12. The Kier molecular flexibility index (Phi) is 3.15. The number of nitrogens with zero attached hydrogens (tertiary/aromatic N) is 1. The second-order valence-corrected chi connectivity index (χ2v) is 5.29. The maximum absolute atomic E-state index is 5.79. The van der Waals surface area contributed by atoms with Crippen molar-refractivity contribution in [1.82, 2.24) is 4.98 Å². The number of rotatable bonds is 3. The van der Waals surface area contributed by atoms with Crippen LogP contribution in [-0.4, -0.2) is 9.97 Å². The van der Waals surface area contributed by atoms with Crippen molar-refractivity contribution < 1.29 is 0 Å². The Morgan fingerprint density at radius 1 is 1.26 bits per heavy atom. The smallest absolute Gasteiger partial charge is 0.107 e. The largest absolute Gasteiger partial charge is 0.389 e. The van der Waals surface area contributed by atoms with Gasteiger partial charge in [0.1, 0.15) is 4.99 Å². The van der Waals surface area contributed by atoms with E-state index in [1.165, 1.54) is 0 Å². The molecule has 0 saturated carbocycles. The highest BCUT2D eigenvalue weighted by Gasteiger charge is 2.11. The van der Waals surface area contributed by atoms with Gasteiger partial charge >= 0.3 is 0 Å². The number of benzene rings is 1. The molecule has 3 aromatic rings. The zero-order chi connectivity index (χ0) is 13.2. The van der Waals surface area contributed by atoms with Crippen LogP contribution in [0.1, 0.15) is 5.56 Å². The summed E-state index contributed by atoms with van der Waals surface area (Å²) in [5, 5.41) is 8.45. The zero-order valence-corrected chi connectivity index (χ0v) is 11.6. The molecule has 0 radical (unpaired) electrons. The number of thiocarbonyl (C=S) groups is 1. The molecule has 0 unspecified atom stereocenters. The van der Waals surface area contributed by atoms with Gasteiger partial charge in [-0.1, -0.05) is 30.4 Å². The summed E-state index contributed by atoms with van der Waals surface area (Å²) in [5.41, 5.74) is 9.41. The van der Waals surface area contributed by atoms with Crippen LogP contribution in [0.3, 0.4) is 0 Å². The van der Waals surface area contributed by atoms with Gasteiger partial charge in [-0.05, 0) is 17.5 Å². The van der Waals surface area contributed by atoms with Crippen molar-refractivity contribution in [2.75, 3.05) is 5.32 Å². The first-order chi connectivity index (χ1) is 9.25. The summed E-state index contributed by atoms with van der Waals surface area (Å²) in [7, 11) is 0. The molecule has 3 rings (SSSR count). The first-order valence-corrected chi connectivity index (χ1v) is 7.07. The van der Waals surface area contributed by atoms with Crippen LogP contribution in [0.5, 0.6) is 0 Å². The molecule has 2 aromatic heterocycles. The predicted octanol–water partition coefficient (Wildman–Crippen LogP) is 3.67. The minimum atomic E-state index is 0.344. The number of anilines is 2. The molecule has 94 valence electrons. The number of hydrogen-bond acceptors (Lipinski definition) is 4. The maximum atomic E-state index is 5.79. The molecule has 0 aliphatic rings. The molecule has 0 fully saturated rings. The summed E-state index contributed by atoms with van der Waals surface area (Å²) in [6, 6.07) is 9.94. The molecule has 0 aliphatic heterocycles. The van der Waals surface area contributed by atoms with Gasteiger partial charge in [-0.3, -0.25) is 4.98 Å². The molecular formula is C14H11N3S2. The van der Waals surface area contributed by atoms with Gasteiger partial charge in [-0.2, -0.15) is 11.3 Å². The van der Waals surface area contributed by atoms with Crippen LogP contribution in [-0.2, 0) is 0 Å². The van der Waals surface area contributed by atoms with E-state index in [2.05, 4.69) is 10.3 Å². The fraction of sp³-hybridized carbons (Fsp3) is 0. The van der Waals surface area contributed by atoms with Crippen molar-refractivity contribution in [2.45, 2.75) is 0 Å². The number of thiophene rings is 1. The monoisotopic (exact) mass is 285 g/mol. The summed E-state index contributed by atoms with van der Waals surface area (Å²) < 4.78 is 0. The first kappa shape index (κ1) is 12.1. The Balaban J connectivity index is 2.22. The number of pyridine rings is 1. The second kappa shape index (κ2) is 4.95. The van der Waals surface area contributed by atoms with E-state index in [9.17, 15) is 0 Å². The number of nitrogens with two attached hydrogens (primary N) is 1. The molecule has 2 heterocycles. The van der Waals surface area contributed by atoms with Crippen molar-refractivity contribution in [3.05, 3.63) is 52.9 Å². The average Bonchev–Trinajstić information content (AvgIpc) is 2.92. The van der Waals surface area contributed by atoms with Crippen LogP contribution in [0.2, 0.25) is 0 Å². The third-order valence-electron chi connectivity index (χ3n) is 2.83. The lowest BCUT2D eigenvalue weighted by molar-refractivity contribution is 1.39. The van der Waals surface area contributed by atoms with Crippen molar-refractivity contribution in [3.63, 3.8) is 0 Å². The lowest BCUT2D eigenvalue weighted by atomic mass is 10.1. The normalized spacial score (nSPS) is 10.5. The fourth-order valence-corrected chi connectivity index (χ4v) is 2.69. The molecule has 0 amide bonds. The van der Waals surface area contributed by atoms with Crippen LogP contribution in [0.4, 0.5) is 11.4 Å². The number of para-hydroxylation sites is 1. The molecule has 0 saturated heterocycles. The fourth-order valence-electron chi connectivity index (χ4n) is 1.94. The Morgan fingerprint density at radius 3 is 2.84 bits per heavy atom. The van der Waals surface area contributed by atoms with Crippen LogP contribution >= 0.6 is 23.6 Å². The van der Waals surface area contributed by atoms with Gasteiger partial charge in [0.15, 0.2) is 0 Å². The molecule has 3 nitrogen and oxygen atoms in total. The Hall–Kier alpha value is -1.98. The van der Waals surface area contributed by atoms with Crippen LogP contribution < -0.4 is 11.1 Å². The minimum absolute atomic E-state index is 0.344. The summed E-state index contributed by atoms with van der Waals surface area (Å²) in [6.07, 6.45) is 1.72. The highest BCUT2D eigenvalue weighted by atomic mass is 32.1. The highest BCUT2D eigenvalue weighted by Crippen LogP contribution is 2.29. The molecule has 0 bridgehead atoms. The van der Waals surface area contributed by atoms with E-state index in [0.717, 1.165) is 27.8 Å². The van der Waals surface area contributed by atoms with E-state index < -0.39 is 0 Å². The SMILES string of the molecule is NC(=S)c1cnc2ccccc2c1Nc1ccsc1. The summed E-state index contributed by atoms with van der Waals surface area (Å²) >= 11 is 6.74. The predicted molar refractivity (Wildman–Crippen MR) is 85.2 cm³/mol. The molecular weight excluding hydrogens is 274 g/mol. The molecule has 0 atom stereocenters. The van der Waals surface area contributed by atoms with Gasteiger partial charge < -0.3 is 11.1 Å². The number of aromatic nitrogens is 1. The van der Waals surface area contributed by atoms with Gasteiger partial charge in [-0.15, -0.1) is 0 Å². The number of hydrogen-bond donors (Lipinski definition) is 2. The third-order valence-corrected chi connectivity index (χ3v) is 3.73. The van der Waals surface area contributed by atoms with E-state index in [0.29, 0.717) is 4.99 Å². The third kappa shape index (κ3) is 2.30. The first-order valence-electron chi connectivity index (χ1n) is 5.72. The van der Waals surface area contributed by atoms with Gasteiger partial charge in [0, 0.05) is 22.7 Å². The van der Waals surface area contributed by atoms with E-state index in [-0.39, 0.29) is 0 Å². The lowest BCUT2D eigenvalue weighted by Gasteiger charge is -2.12. The zero-order valence-electron chi connectivity index (χ0n) is 9.96. The maximum Gasteiger partial charge on any atom is 0.107 e. The number of fused-ring (bicyclic) bond motifs is 1. The Morgan fingerprint density at radius 2 is 2.11 bits per heavy atom. The van der Waals surface area contributed by atoms with E-state index in [4.69, 9.17) is 18.0 Å². The molecule has 0 spiro atoms. The quantitative estimate of drug-likeness (QED) is 0.721. The van der Waals surface area contributed by atoms with Crippen molar-refractivity contribution in [2.24, 2.45) is 5.73 Å². The molecule has 3 N–H and O–H groups in total. The van der Waals surface area contributed by atoms with Gasteiger partial charge in [0.2, 0.25) is 0 Å².